The number of hydrogen-bond donors (Lipinski definition) is 2. The molecule has 2 fully saturated rings. The minimum Gasteiger partial charge on any atom is -0.378 e. The predicted octanol–water partition coefficient (Wildman–Crippen LogP) is 2.57. The lowest BCUT2D eigenvalue weighted by Gasteiger charge is -2.30. The fourth-order valence-corrected chi connectivity index (χ4v) is 4.16. The number of aromatic nitrogens is 3. The van der Waals surface area contributed by atoms with Gasteiger partial charge in [0.1, 0.15) is 11.3 Å². The van der Waals surface area contributed by atoms with E-state index in [9.17, 15) is 0 Å². The van der Waals surface area contributed by atoms with Crippen molar-refractivity contribution in [3.8, 4) is 11.3 Å². The molecule has 1 aromatic carbocycles. The van der Waals surface area contributed by atoms with Crippen LogP contribution < -0.4 is 15.5 Å². The van der Waals surface area contributed by atoms with Crippen molar-refractivity contribution in [3.05, 3.63) is 42.5 Å². The van der Waals surface area contributed by atoms with Crippen molar-refractivity contribution in [1.82, 2.24) is 20.3 Å². The number of halogens is 1. The van der Waals surface area contributed by atoms with E-state index in [0.29, 0.717) is 66.7 Å². The van der Waals surface area contributed by atoms with Crippen LogP contribution in [0.4, 0.5) is 15.9 Å². The molecule has 0 spiro atoms. The number of morpholine rings is 2. The van der Waals surface area contributed by atoms with Crippen LogP contribution in [0.25, 0.3) is 22.3 Å². The van der Waals surface area contributed by atoms with Crippen molar-refractivity contribution in [1.29, 1.82) is 0 Å². The second-order valence-electron chi connectivity index (χ2n) is 8.09. The Morgan fingerprint density at radius 2 is 1.97 bits per heavy atom. The van der Waals surface area contributed by atoms with Gasteiger partial charge in [-0.3, -0.25) is 4.98 Å². The van der Waals surface area contributed by atoms with Gasteiger partial charge in [0.25, 0.3) is 0 Å². The van der Waals surface area contributed by atoms with E-state index in [1.807, 2.05) is 23.1 Å². The second-order valence-corrected chi connectivity index (χ2v) is 8.09. The molecule has 3 aromatic rings. The van der Waals surface area contributed by atoms with Crippen LogP contribution in [-0.4, -0.2) is 73.1 Å². The summed E-state index contributed by atoms with van der Waals surface area (Å²) in [6, 6.07) is 7.11. The van der Waals surface area contributed by atoms with E-state index in [2.05, 4.69) is 27.5 Å². The molecule has 2 atom stereocenters. The maximum Gasteiger partial charge on any atom is 0.155 e. The maximum absolute atomic E-state index is 15.0. The van der Waals surface area contributed by atoms with Crippen molar-refractivity contribution >= 4 is 36.0 Å². The predicted molar refractivity (Wildman–Crippen MR) is 132 cm³/mol. The molecule has 2 aliphatic rings. The average Bonchev–Trinajstić information content (AvgIpc) is 2.85. The fourth-order valence-electron chi connectivity index (χ4n) is 4.16. The zero-order valence-corrected chi connectivity index (χ0v) is 19.6. The molecule has 2 saturated heterocycles. The Bertz CT molecular complexity index is 1090. The van der Waals surface area contributed by atoms with Gasteiger partial charge in [-0.15, -0.1) is 0 Å². The number of rotatable bonds is 5. The van der Waals surface area contributed by atoms with E-state index in [1.54, 1.807) is 12.4 Å². The normalized spacial score (nSPS) is 19.7. The van der Waals surface area contributed by atoms with Crippen LogP contribution in [0, 0.1) is 5.82 Å². The standard InChI is InChI=1S/C23H27FN6O2.H2S/c1-15(21-14-25-6-9-32-21)28-23-22-19(26-4-5-27-22)13-18(29-23)16-2-3-20(17(24)12-16)30-7-10-31-11-8-30;/h2-5,12-13,15,21,25H,6-11,14H2,1H3,(H,28,29);1H2. The third kappa shape index (κ3) is 5.19. The maximum atomic E-state index is 15.0. The molecule has 5 rings (SSSR count). The van der Waals surface area contributed by atoms with Gasteiger partial charge in [-0.2, -0.15) is 13.5 Å². The summed E-state index contributed by atoms with van der Waals surface area (Å²) in [5.41, 5.74) is 3.30. The first kappa shape index (κ1) is 23.6. The van der Waals surface area contributed by atoms with Gasteiger partial charge < -0.3 is 25.0 Å². The quantitative estimate of drug-likeness (QED) is 0.586. The number of fused-ring (bicyclic) bond motifs is 1. The number of nitrogens with zero attached hydrogens (tertiary/aromatic N) is 4. The molecule has 0 aliphatic carbocycles. The Morgan fingerprint density at radius 3 is 2.73 bits per heavy atom. The summed E-state index contributed by atoms with van der Waals surface area (Å²) in [4.78, 5) is 15.7. The van der Waals surface area contributed by atoms with E-state index in [4.69, 9.17) is 14.5 Å². The van der Waals surface area contributed by atoms with E-state index in [-0.39, 0.29) is 31.5 Å². The second kappa shape index (κ2) is 10.6. The smallest absolute Gasteiger partial charge is 0.155 e. The number of hydrogen-bond acceptors (Lipinski definition) is 8. The lowest BCUT2D eigenvalue weighted by molar-refractivity contribution is 0.0201. The minimum atomic E-state index is -0.269. The molecule has 0 amide bonds. The molecule has 2 aromatic heterocycles. The van der Waals surface area contributed by atoms with Gasteiger partial charge in [-0.25, -0.2) is 14.4 Å². The van der Waals surface area contributed by atoms with Gasteiger partial charge >= 0.3 is 0 Å². The van der Waals surface area contributed by atoms with Crippen LogP contribution >= 0.6 is 13.5 Å². The van der Waals surface area contributed by atoms with Gasteiger partial charge in [-0.05, 0) is 25.1 Å². The SMILES string of the molecule is CC(Nc1nc(-c2ccc(N3CCOCC3)c(F)c2)cc2nccnc12)C1CNCCO1.S. The van der Waals surface area contributed by atoms with Gasteiger partial charge in [0.15, 0.2) is 5.82 Å². The average molecular weight is 473 g/mol. The van der Waals surface area contributed by atoms with Crippen LogP contribution in [0.2, 0.25) is 0 Å². The highest BCUT2D eigenvalue weighted by Crippen LogP contribution is 2.30. The molecule has 33 heavy (non-hydrogen) atoms. The fraction of sp³-hybridized carbons (Fsp3) is 0.435. The van der Waals surface area contributed by atoms with Crippen LogP contribution in [-0.2, 0) is 9.47 Å². The van der Waals surface area contributed by atoms with Gasteiger partial charge in [0, 0.05) is 44.1 Å². The number of pyridine rings is 1. The third-order valence-corrected chi connectivity index (χ3v) is 5.93. The minimum absolute atomic E-state index is 0. The molecule has 0 bridgehead atoms. The molecule has 2 aliphatic heterocycles. The number of anilines is 2. The van der Waals surface area contributed by atoms with E-state index >= 15 is 4.39 Å². The van der Waals surface area contributed by atoms with Crippen LogP contribution in [0.1, 0.15) is 6.92 Å². The molecular formula is C23H29FN6O2S. The van der Waals surface area contributed by atoms with Crippen LogP contribution in [0.5, 0.6) is 0 Å². The molecule has 0 radical (unpaired) electrons. The van der Waals surface area contributed by atoms with Crippen molar-refractivity contribution in [2.45, 2.75) is 19.1 Å². The number of ether oxygens (including phenoxy) is 2. The Kier molecular flexibility index (Phi) is 7.59. The largest absolute Gasteiger partial charge is 0.378 e. The molecular weight excluding hydrogens is 443 g/mol. The Labute approximate surface area is 199 Å². The molecule has 2 N–H and O–H groups in total. The highest BCUT2D eigenvalue weighted by molar-refractivity contribution is 7.59. The zero-order valence-electron chi connectivity index (χ0n) is 18.6. The summed E-state index contributed by atoms with van der Waals surface area (Å²) < 4.78 is 26.3. The highest BCUT2D eigenvalue weighted by atomic mass is 32.1. The van der Waals surface area contributed by atoms with Crippen molar-refractivity contribution in [3.63, 3.8) is 0 Å². The molecule has 8 nitrogen and oxygen atoms in total. The van der Waals surface area contributed by atoms with Crippen molar-refractivity contribution in [2.75, 3.05) is 56.2 Å². The lowest BCUT2D eigenvalue weighted by Crippen LogP contribution is -2.46. The summed E-state index contributed by atoms with van der Waals surface area (Å²) >= 11 is 0. The summed E-state index contributed by atoms with van der Waals surface area (Å²) in [6.45, 7) is 6.96. The third-order valence-electron chi connectivity index (χ3n) is 5.93. The topological polar surface area (TPSA) is 84.4 Å². The van der Waals surface area contributed by atoms with E-state index in [1.165, 1.54) is 6.07 Å². The number of benzene rings is 1. The van der Waals surface area contributed by atoms with Crippen LogP contribution in [0.3, 0.4) is 0 Å². The zero-order chi connectivity index (χ0) is 21.9. The van der Waals surface area contributed by atoms with Crippen molar-refractivity contribution in [2.24, 2.45) is 0 Å². The van der Waals surface area contributed by atoms with E-state index < -0.39 is 0 Å². The Balaban J connectivity index is 0.00000259. The summed E-state index contributed by atoms with van der Waals surface area (Å²) in [5, 5.41) is 6.80. The monoisotopic (exact) mass is 472 g/mol. The van der Waals surface area contributed by atoms with Crippen molar-refractivity contribution < 1.29 is 13.9 Å². The van der Waals surface area contributed by atoms with Crippen LogP contribution in [0.15, 0.2) is 36.7 Å². The summed E-state index contributed by atoms with van der Waals surface area (Å²) in [5.74, 6) is 0.347. The van der Waals surface area contributed by atoms with Gasteiger partial charge in [-0.1, -0.05) is 6.07 Å². The first-order valence-electron chi connectivity index (χ1n) is 11.0. The molecule has 0 saturated carbocycles. The van der Waals surface area contributed by atoms with Gasteiger partial charge in [0.05, 0.1) is 48.9 Å². The summed E-state index contributed by atoms with van der Waals surface area (Å²) in [6.07, 6.45) is 3.32. The van der Waals surface area contributed by atoms with Gasteiger partial charge in [0.2, 0.25) is 0 Å². The Hall–Kier alpha value is -2.53. The summed E-state index contributed by atoms with van der Waals surface area (Å²) in [7, 11) is 0. The highest BCUT2D eigenvalue weighted by Gasteiger charge is 2.23. The molecule has 2 unspecified atom stereocenters. The number of nitrogens with one attached hydrogen (secondary N) is 2. The molecule has 4 heterocycles. The first-order chi connectivity index (χ1) is 15.7. The Morgan fingerprint density at radius 1 is 1.15 bits per heavy atom. The van der Waals surface area contributed by atoms with E-state index in [0.717, 1.165) is 13.1 Å². The first-order valence-corrected chi connectivity index (χ1v) is 11.0. The lowest BCUT2D eigenvalue weighted by atomic mass is 10.1. The molecule has 176 valence electrons. The molecule has 10 heteroatoms.